The van der Waals surface area contributed by atoms with Crippen LogP contribution in [0.5, 0.6) is 0 Å². The van der Waals surface area contributed by atoms with Crippen molar-refractivity contribution in [2.45, 2.75) is 71.6 Å². The first-order chi connectivity index (χ1) is 10.1. The van der Waals surface area contributed by atoms with Crippen molar-refractivity contribution in [1.29, 1.82) is 0 Å². The minimum atomic E-state index is 0.806. The third-order valence-corrected chi connectivity index (χ3v) is 6.39. The molecule has 0 heterocycles. The molecule has 116 valence electrons. The molecule has 0 heteroatoms. The molecule has 21 heavy (non-hydrogen) atoms. The van der Waals surface area contributed by atoms with E-state index in [0.717, 1.165) is 30.1 Å². The van der Waals surface area contributed by atoms with Crippen LogP contribution in [0.1, 0.15) is 71.6 Å². The number of rotatable bonds is 2. The Bertz CT molecular complexity index is 435. The Labute approximate surface area is 131 Å². The van der Waals surface area contributed by atoms with Crippen molar-refractivity contribution in [3.05, 3.63) is 35.5 Å². The summed E-state index contributed by atoms with van der Waals surface area (Å²) in [5, 5.41) is 0. The zero-order valence-corrected chi connectivity index (χ0v) is 14.0. The Kier molecular flexibility index (Phi) is 4.72. The molecule has 3 aliphatic rings. The lowest BCUT2D eigenvalue weighted by Crippen LogP contribution is -2.26. The molecule has 0 amide bonds. The molecule has 0 aromatic heterocycles. The largest absolute Gasteiger partial charge is 0.0952 e. The van der Waals surface area contributed by atoms with Crippen LogP contribution in [0.15, 0.2) is 35.5 Å². The van der Waals surface area contributed by atoms with Gasteiger partial charge >= 0.3 is 0 Å². The average Bonchev–Trinajstić information content (AvgIpc) is 2.48. The molecule has 3 rings (SSSR count). The third-order valence-electron chi connectivity index (χ3n) is 6.39. The normalized spacial score (nSPS) is 37.9. The maximum atomic E-state index is 4.33. The number of hydrogen-bond acceptors (Lipinski definition) is 0. The number of allylic oxidation sites excluding steroid dienone is 5. The van der Waals surface area contributed by atoms with Gasteiger partial charge < -0.3 is 0 Å². The molecule has 0 atom stereocenters. The van der Waals surface area contributed by atoms with E-state index in [1.807, 2.05) is 0 Å². The molecule has 0 radical (unpaired) electrons. The van der Waals surface area contributed by atoms with Gasteiger partial charge in [-0.1, -0.05) is 44.1 Å². The molecule has 0 N–H and O–H groups in total. The third kappa shape index (κ3) is 3.52. The second-order valence-electron chi connectivity index (χ2n) is 8.05. The molecule has 0 aromatic carbocycles. The van der Waals surface area contributed by atoms with E-state index < -0.39 is 0 Å². The SMILES string of the molecule is C=C1CC(C)=CC=C1C1CCC(C2CCC(C)CC2)CC1. The summed E-state index contributed by atoms with van der Waals surface area (Å²) in [7, 11) is 0. The quantitative estimate of drug-likeness (QED) is 0.546. The van der Waals surface area contributed by atoms with E-state index in [4.69, 9.17) is 0 Å². The fraction of sp³-hybridized carbons (Fsp3) is 0.714. The van der Waals surface area contributed by atoms with Crippen LogP contribution < -0.4 is 0 Å². The van der Waals surface area contributed by atoms with Crippen molar-refractivity contribution in [2.24, 2.45) is 23.7 Å². The molecule has 0 aliphatic heterocycles. The molecule has 0 nitrogen and oxygen atoms in total. The molecule has 2 saturated carbocycles. The summed E-state index contributed by atoms with van der Waals surface area (Å²) in [6.07, 6.45) is 17.5. The highest BCUT2D eigenvalue weighted by atomic mass is 14.4. The van der Waals surface area contributed by atoms with Crippen molar-refractivity contribution < 1.29 is 0 Å². The zero-order valence-electron chi connectivity index (χ0n) is 14.0. The van der Waals surface area contributed by atoms with Crippen LogP contribution in [0.25, 0.3) is 0 Å². The summed E-state index contributed by atoms with van der Waals surface area (Å²) in [6, 6.07) is 0. The van der Waals surface area contributed by atoms with Gasteiger partial charge in [-0.05, 0) is 86.7 Å². The van der Waals surface area contributed by atoms with Crippen molar-refractivity contribution in [3.63, 3.8) is 0 Å². The Morgan fingerprint density at radius 3 is 2.00 bits per heavy atom. The van der Waals surface area contributed by atoms with Gasteiger partial charge in [0.2, 0.25) is 0 Å². The predicted molar refractivity (Wildman–Crippen MR) is 92.2 cm³/mol. The van der Waals surface area contributed by atoms with Crippen LogP contribution in [0.4, 0.5) is 0 Å². The second kappa shape index (κ2) is 6.55. The first-order valence-corrected chi connectivity index (χ1v) is 9.19. The monoisotopic (exact) mass is 284 g/mol. The van der Waals surface area contributed by atoms with E-state index in [9.17, 15) is 0 Å². The van der Waals surface area contributed by atoms with Crippen molar-refractivity contribution in [3.8, 4) is 0 Å². The fourth-order valence-electron chi connectivity index (χ4n) is 4.93. The molecule has 2 fully saturated rings. The van der Waals surface area contributed by atoms with Crippen LogP contribution >= 0.6 is 0 Å². The topological polar surface area (TPSA) is 0 Å². The van der Waals surface area contributed by atoms with Gasteiger partial charge in [0.05, 0.1) is 0 Å². The minimum absolute atomic E-state index is 0.806. The number of hydrogen-bond donors (Lipinski definition) is 0. The van der Waals surface area contributed by atoms with Crippen LogP contribution in [0, 0.1) is 23.7 Å². The van der Waals surface area contributed by atoms with Crippen LogP contribution in [0.3, 0.4) is 0 Å². The van der Waals surface area contributed by atoms with E-state index in [-0.39, 0.29) is 0 Å². The Morgan fingerprint density at radius 1 is 0.857 bits per heavy atom. The summed E-state index contributed by atoms with van der Waals surface area (Å²) in [4.78, 5) is 0. The van der Waals surface area contributed by atoms with E-state index in [2.05, 4.69) is 32.6 Å². The summed E-state index contributed by atoms with van der Waals surface area (Å²) in [6.45, 7) is 8.99. The van der Waals surface area contributed by atoms with Gasteiger partial charge in [0.1, 0.15) is 0 Å². The molecule has 0 saturated heterocycles. The Balaban J connectivity index is 1.54. The summed E-state index contributed by atoms with van der Waals surface area (Å²) in [5.74, 6) is 3.88. The van der Waals surface area contributed by atoms with E-state index in [1.165, 1.54) is 62.5 Å². The lowest BCUT2D eigenvalue weighted by Gasteiger charge is -2.38. The Morgan fingerprint density at radius 2 is 1.43 bits per heavy atom. The van der Waals surface area contributed by atoms with Crippen LogP contribution in [0.2, 0.25) is 0 Å². The smallest absolute Gasteiger partial charge is 0.00698 e. The van der Waals surface area contributed by atoms with Gasteiger partial charge in [0, 0.05) is 0 Å². The van der Waals surface area contributed by atoms with E-state index in [1.54, 1.807) is 5.57 Å². The fourth-order valence-corrected chi connectivity index (χ4v) is 4.93. The van der Waals surface area contributed by atoms with Gasteiger partial charge in [-0.15, -0.1) is 0 Å². The van der Waals surface area contributed by atoms with Crippen LogP contribution in [-0.4, -0.2) is 0 Å². The van der Waals surface area contributed by atoms with Gasteiger partial charge in [0.15, 0.2) is 0 Å². The summed E-state index contributed by atoms with van der Waals surface area (Å²) >= 11 is 0. The second-order valence-corrected chi connectivity index (χ2v) is 8.05. The highest BCUT2D eigenvalue weighted by molar-refractivity contribution is 5.41. The first kappa shape index (κ1) is 15.1. The molecular weight excluding hydrogens is 252 g/mol. The highest BCUT2D eigenvalue weighted by Gasteiger charge is 2.31. The van der Waals surface area contributed by atoms with E-state index in [0.29, 0.717) is 0 Å². The minimum Gasteiger partial charge on any atom is -0.0952 e. The van der Waals surface area contributed by atoms with E-state index >= 15 is 0 Å². The van der Waals surface area contributed by atoms with Crippen molar-refractivity contribution in [1.82, 2.24) is 0 Å². The molecule has 0 aromatic rings. The van der Waals surface area contributed by atoms with Gasteiger partial charge in [-0.25, -0.2) is 0 Å². The molecular formula is C21H32. The molecule has 0 bridgehead atoms. The van der Waals surface area contributed by atoms with Crippen molar-refractivity contribution in [2.75, 3.05) is 0 Å². The maximum absolute atomic E-state index is 4.33. The lowest BCUT2D eigenvalue weighted by molar-refractivity contribution is 0.158. The first-order valence-electron chi connectivity index (χ1n) is 9.19. The van der Waals surface area contributed by atoms with Gasteiger partial charge in [-0.2, -0.15) is 0 Å². The average molecular weight is 284 g/mol. The Hall–Kier alpha value is -0.780. The van der Waals surface area contributed by atoms with Gasteiger partial charge in [0.25, 0.3) is 0 Å². The summed E-state index contributed by atoms with van der Waals surface area (Å²) in [5.41, 5.74) is 4.44. The predicted octanol–water partition coefficient (Wildman–Crippen LogP) is 6.45. The maximum Gasteiger partial charge on any atom is -0.00698 e. The van der Waals surface area contributed by atoms with Crippen molar-refractivity contribution >= 4 is 0 Å². The molecule has 0 spiro atoms. The van der Waals surface area contributed by atoms with Crippen LogP contribution in [-0.2, 0) is 0 Å². The summed E-state index contributed by atoms with van der Waals surface area (Å²) < 4.78 is 0. The lowest BCUT2D eigenvalue weighted by atomic mass is 9.67. The molecule has 3 aliphatic carbocycles. The standard InChI is InChI=1S/C21H32/c1-15-4-7-18(8-5-15)19-9-11-20(12-10-19)21-13-6-16(2)14-17(21)3/h6,13,15,18-20H,3-5,7-12,14H2,1-2H3. The molecule has 0 unspecified atom stereocenters. The van der Waals surface area contributed by atoms with Gasteiger partial charge in [-0.3, -0.25) is 0 Å². The zero-order chi connectivity index (χ0) is 14.8. The highest BCUT2D eigenvalue weighted by Crippen LogP contribution is 2.44.